The smallest absolute Gasteiger partial charge is 0.416 e. The van der Waals surface area contributed by atoms with Crippen molar-refractivity contribution in [2.75, 3.05) is 14.2 Å². The number of methoxy groups -OCH3 is 2. The van der Waals surface area contributed by atoms with Crippen LogP contribution in [0, 0.1) is 0 Å². The average Bonchev–Trinajstić information content (AvgIpc) is 2.66. The van der Waals surface area contributed by atoms with Gasteiger partial charge in [0, 0.05) is 12.0 Å². The highest BCUT2D eigenvalue weighted by molar-refractivity contribution is 5.96. The summed E-state index contributed by atoms with van der Waals surface area (Å²) in [6.45, 7) is 0. The van der Waals surface area contributed by atoms with E-state index in [1.807, 2.05) is 0 Å². The van der Waals surface area contributed by atoms with E-state index >= 15 is 0 Å². The highest BCUT2D eigenvalue weighted by atomic mass is 19.4. The molecule has 0 bridgehead atoms. The molecular weight excluding hydrogens is 363 g/mol. The lowest BCUT2D eigenvalue weighted by Crippen LogP contribution is -2.43. The van der Waals surface area contributed by atoms with Gasteiger partial charge in [0.05, 0.1) is 19.8 Å². The molecule has 0 radical (unpaired) electrons. The first-order valence-electron chi connectivity index (χ1n) is 7.94. The third-order valence-electron chi connectivity index (χ3n) is 3.88. The van der Waals surface area contributed by atoms with E-state index in [-0.39, 0.29) is 12.0 Å². The van der Waals surface area contributed by atoms with Crippen molar-refractivity contribution in [3.63, 3.8) is 0 Å². The molecule has 0 aromatic heterocycles. The fourth-order valence-electron chi connectivity index (χ4n) is 2.48. The highest BCUT2D eigenvalue weighted by Gasteiger charge is 2.30. The summed E-state index contributed by atoms with van der Waals surface area (Å²) in [6.07, 6.45) is -4.39. The second kappa shape index (κ2) is 8.57. The number of hydrogen-bond acceptors (Lipinski definition) is 4. The molecule has 2 aromatic carbocycles. The van der Waals surface area contributed by atoms with E-state index in [2.05, 4.69) is 5.32 Å². The zero-order valence-electron chi connectivity index (χ0n) is 14.7. The Bertz CT molecular complexity index is 803. The maximum Gasteiger partial charge on any atom is 0.416 e. The van der Waals surface area contributed by atoms with Gasteiger partial charge in [-0.1, -0.05) is 18.2 Å². The van der Waals surface area contributed by atoms with Crippen LogP contribution in [0.3, 0.4) is 0 Å². The second-order valence-corrected chi connectivity index (χ2v) is 5.64. The van der Waals surface area contributed by atoms with Gasteiger partial charge in [0.2, 0.25) is 0 Å². The van der Waals surface area contributed by atoms with Crippen molar-refractivity contribution in [1.82, 2.24) is 5.32 Å². The molecule has 0 saturated heterocycles. The number of esters is 1. The molecule has 1 atom stereocenters. The third-order valence-corrected chi connectivity index (χ3v) is 3.88. The van der Waals surface area contributed by atoms with Crippen LogP contribution in [-0.2, 0) is 22.1 Å². The molecule has 8 heteroatoms. The molecule has 0 aliphatic heterocycles. The largest absolute Gasteiger partial charge is 0.496 e. The predicted molar refractivity (Wildman–Crippen MR) is 91.4 cm³/mol. The first kappa shape index (κ1) is 20.3. The van der Waals surface area contributed by atoms with Crippen molar-refractivity contribution in [3.05, 3.63) is 65.2 Å². The number of rotatable bonds is 6. The number of carbonyl (C=O) groups excluding carboxylic acids is 2. The Morgan fingerprint density at radius 2 is 1.67 bits per heavy atom. The molecule has 0 spiro atoms. The van der Waals surface area contributed by atoms with Gasteiger partial charge in [0.25, 0.3) is 5.91 Å². The Morgan fingerprint density at radius 1 is 1.04 bits per heavy atom. The van der Waals surface area contributed by atoms with Crippen molar-refractivity contribution < 1.29 is 32.2 Å². The number of nitrogens with one attached hydrogen (secondary N) is 1. The van der Waals surface area contributed by atoms with Crippen molar-refractivity contribution >= 4 is 11.9 Å². The standard InChI is InChI=1S/C19H18F3NO4/c1-26-16-6-4-3-5-13(16)11-15(18(25)27-2)23-17(24)12-7-9-14(10-8-12)19(20,21)22/h3-10,15H,11H2,1-2H3,(H,23,24)/t15-/m0/s1. The van der Waals surface area contributed by atoms with Gasteiger partial charge in [0.1, 0.15) is 11.8 Å². The monoisotopic (exact) mass is 381 g/mol. The summed E-state index contributed by atoms with van der Waals surface area (Å²) in [4.78, 5) is 24.4. The number of carbonyl (C=O) groups is 2. The molecule has 1 amide bonds. The zero-order chi connectivity index (χ0) is 20.0. The fraction of sp³-hybridized carbons (Fsp3) is 0.263. The van der Waals surface area contributed by atoms with Gasteiger partial charge in [-0.05, 0) is 35.9 Å². The lowest BCUT2D eigenvalue weighted by Gasteiger charge is -2.18. The normalized spacial score (nSPS) is 12.2. The van der Waals surface area contributed by atoms with Crippen LogP contribution in [0.4, 0.5) is 13.2 Å². The number of amides is 1. The molecule has 1 N–H and O–H groups in total. The minimum atomic E-state index is -4.49. The van der Waals surface area contributed by atoms with Crippen molar-refractivity contribution in [3.8, 4) is 5.75 Å². The number of alkyl halides is 3. The van der Waals surface area contributed by atoms with Crippen LogP contribution in [0.5, 0.6) is 5.75 Å². The van der Waals surface area contributed by atoms with Crippen molar-refractivity contribution in [2.45, 2.75) is 18.6 Å². The van der Waals surface area contributed by atoms with Crippen molar-refractivity contribution in [2.24, 2.45) is 0 Å². The van der Waals surface area contributed by atoms with E-state index in [0.717, 1.165) is 24.3 Å². The summed E-state index contributed by atoms with van der Waals surface area (Å²) in [6, 6.07) is 9.65. The van der Waals surface area contributed by atoms with E-state index < -0.39 is 29.7 Å². The molecule has 2 aromatic rings. The lowest BCUT2D eigenvalue weighted by atomic mass is 10.0. The lowest BCUT2D eigenvalue weighted by molar-refractivity contribution is -0.142. The first-order chi connectivity index (χ1) is 12.8. The Labute approximate surface area is 154 Å². The van der Waals surface area contributed by atoms with Crippen LogP contribution >= 0.6 is 0 Å². The van der Waals surface area contributed by atoms with Gasteiger partial charge < -0.3 is 14.8 Å². The molecule has 5 nitrogen and oxygen atoms in total. The van der Waals surface area contributed by atoms with Gasteiger partial charge in [-0.25, -0.2) is 4.79 Å². The first-order valence-corrected chi connectivity index (χ1v) is 7.94. The van der Waals surface area contributed by atoms with Gasteiger partial charge in [0.15, 0.2) is 0 Å². The Balaban J connectivity index is 2.18. The van der Waals surface area contributed by atoms with Crippen LogP contribution in [0.2, 0.25) is 0 Å². The maximum atomic E-state index is 12.6. The molecule has 0 aliphatic carbocycles. The van der Waals surface area contributed by atoms with E-state index in [1.165, 1.54) is 14.2 Å². The molecule has 0 heterocycles. The summed E-state index contributed by atoms with van der Waals surface area (Å²) in [5.74, 6) is -0.828. The summed E-state index contributed by atoms with van der Waals surface area (Å²) in [5, 5.41) is 2.49. The van der Waals surface area contributed by atoms with Crippen LogP contribution in [0.25, 0.3) is 0 Å². The Morgan fingerprint density at radius 3 is 2.22 bits per heavy atom. The minimum Gasteiger partial charge on any atom is -0.496 e. The molecule has 0 saturated carbocycles. The number of para-hydroxylation sites is 1. The van der Waals surface area contributed by atoms with Gasteiger partial charge in [-0.2, -0.15) is 13.2 Å². The van der Waals surface area contributed by atoms with Crippen LogP contribution in [0.1, 0.15) is 21.5 Å². The van der Waals surface area contributed by atoms with Gasteiger partial charge in [-0.3, -0.25) is 4.79 Å². The second-order valence-electron chi connectivity index (χ2n) is 5.64. The van der Waals surface area contributed by atoms with E-state index in [0.29, 0.717) is 11.3 Å². The average molecular weight is 381 g/mol. The van der Waals surface area contributed by atoms with Gasteiger partial charge in [-0.15, -0.1) is 0 Å². The van der Waals surface area contributed by atoms with Gasteiger partial charge >= 0.3 is 12.1 Å². The summed E-state index contributed by atoms with van der Waals surface area (Å²) in [5.41, 5.74) is -0.197. The van der Waals surface area contributed by atoms with Crippen LogP contribution < -0.4 is 10.1 Å². The van der Waals surface area contributed by atoms with Crippen LogP contribution in [0.15, 0.2) is 48.5 Å². The molecule has 2 rings (SSSR count). The van der Waals surface area contributed by atoms with E-state index in [4.69, 9.17) is 9.47 Å². The fourth-order valence-corrected chi connectivity index (χ4v) is 2.48. The SMILES string of the molecule is COC(=O)[C@H](Cc1ccccc1OC)NC(=O)c1ccc(C(F)(F)F)cc1. The topological polar surface area (TPSA) is 64.6 Å². The summed E-state index contributed by atoms with van der Waals surface area (Å²) < 4.78 is 47.8. The molecule has 144 valence electrons. The van der Waals surface area contributed by atoms with Crippen molar-refractivity contribution in [1.29, 1.82) is 0 Å². The Kier molecular flexibility index (Phi) is 6.44. The highest BCUT2D eigenvalue weighted by Crippen LogP contribution is 2.29. The minimum absolute atomic E-state index is 0.00284. The third kappa shape index (κ3) is 5.22. The van der Waals surface area contributed by atoms with E-state index in [9.17, 15) is 22.8 Å². The maximum absolute atomic E-state index is 12.6. The number of halogens is 3. The number of benzene rings is 2. The quantitative estimate of drug-likeness (QED) is 0.781. The summed E-state index contributed by atoms with van der Waals surface area (Å²) in [7, 11) is 2.66. The molecular formula is C19H18F3NO4. The predicted octanol–water partition coefficient (Wildman–Crippen LogP) is 3.23. The number of ether oxygens (including phenoxy) is 2. The number of hydrogen-bond donors (Lipinski definition) is 1. The molecule has 0 unspecified atom stereocenters. The molecule has 27 heavy (non-hydrogen) atoms. The van der Waals surface area contributed by atoms with Crippen LogP contribution in [-0.4, -0.2) is 32.1 Å². The van der Waals surface area contributed by atoms with E-state index in [1.54, 1.807) is 24.3 Å². The zero-order valence-corrected chi connectivity index (χ0v) is 14.7. The molecule has 0 fully saturated rings. The summed E-state index contributed by atoms with van der Waals surface area (Å²) >= 11 is 0. The molecule has 0 aliphatic rings. The Hall–Kier alpha value is -3.03.